The van der Waals surface area contributed by atoms with Crippen LogP contribution in [-0.2, 0) is 6.42 Å². The number of rotatable bonds is 4. The van der Waals surface area contributed by atoms with Crippen LogP contribution in [0.15, 0.2) is 169 Å². The molecule has 0 saturated heterocycles. The average molecular weight is 673 g/mol. The SMILES string of the molecule is C1=CC2C3=C(C=CCC3)N(C3C=Cc4c(c5ccccc5n4-c4cccc(-c5cccc(-c6cccc7c6sc6ccccc67)c5)c4)C3)C2C=C1. The van der Waals surface area contributed by atoms with Crippen molar-refractivity contribution in [2.24, 2.45) is 5.92 Å². The molecule has 51 heavy (non-hydrogen) atoms. The van der Waals surface area contributed by atoms with Gasteiger partial charge in [0.2, 0.25) is 0 Å². The van der Waals surface area contributed by atoms with E-state index in [-0.39, 0.29) is 0 Å². The Hall–Kier alpha value is -5.64. The summed E-state index contributed by atoms with van der Waals surface area (Å²) in [4.78, 5) is 2.72. The van der Waals surface area contributed by atoms with Gasteiger partial charge in [0.15, 0.2) is 0 Å². The summed E-state index contributed by atoms with van der Waals surface area (Å²) in [6.45, 7) is 0. The Morgan fingerprint density at radius 1 is 0.647 bits per heavy atom. The lowest BCUT2D eigenvalue weighted by atomic mass is 9.86. The Labute approximate surface area is 302 Å². The smallest absolute Gasteiger partial charge is 0.0583 e. The number of thiophene rings is 1. The summed E-state index contributed by atoms with van der Waals surface area (Å²) in [6.07, 6.45) is 22.3. The van der Waals surface area contributed by atoms with E-state index in [9.17, 15) is 0 Å². The van der Waals surface area contributed by atoms with E-state index in [2.05, 4.69) is 173 Å². The lowest BCUT2D eigenvalue weighted by Crippen LogP contribution is -2.41. The molecule has 11 rings (SSSR count). The van der Waals surface area contributed by atoms with E-state index in [1.165, 1.54) is 82.4 Å². The lowest BCUT2D eigenvalue weighted by molar-refractivity contribution is 0.255. The van der Waals surface area contributed by atoms with Crippen molar-refractivity contribution < 1.29 is 0 Å². The Kier molecular flexibility index (Phi) is 6.54. The van der Waals surface area contributed by atoms with E-state index >= 15 is 0 Å². The van der Waals surface area contributed by atoms with Crippen molar-refractivity contribution in [1.82, 2.24) is 9.47 Å². The highest BCUT2D eigenvalue weighted by atomic mass is 32.1. The van der Waals surface area contributed by atoms with Crippen LogP contribution in [0.3, 0.4) is 0 Å². The number of hydrogen-bond acceptors (Lipinski definition) is 2. The quantitative estimate of drug-likeness (QED) is 0.181. The summed E-state index contributed by atoms with van der Waals surface area (Å²) in [5, 5.41) is 4.03. The Morgan fingerprint density at radius 2 is 1.43 bits per heavy atom. The molecule has 1 aliphatic heterocycles. The third kappa shape index (κ3) is 4.48. The molecule has 3 atom stereocenters. The maximum absolute atomic E-state index is 2.72. The number of fused-ring (bicyclic) bond motifs is 8. The van der Waals surface area contributed by atoms with Crippen LogP contribution < -0.4 is 0 Å². The minimum Gasteiger partial charge on any atom is -0.357 e. The molecule has 2 nitrogen and oxygen atoms in total. The fraction of sp³-hybridized carbons (Fsp3) is 0.125. The highest BCUT2D eigenvalue weighted by Crippen LogP contribution is 2.46. The molecule has 0 radical (unpaired) electrons. The molecule has 3 unspecified atom stereocenters. The van der Waals surface area contributed by atoms with Gasteiger partial charge in [-0.3, -0.25) is 0 Å². The van der Waals surface area contributed by atoms with E-state index in [0.29, 0.717) is 18.0 Å². The van der Waals surface area contributed by atoms with Crippen molar-refractivity contribution in [3.8, 4) is 27.9 Å². The molecular formula is C48H36N2S. The molecule has 3 heteroatoms. The minimum absolute atomic E-state index is 0.315. The maximum Gasteiger partial charge on any atom is 0.0583 e. The standard InChI is InChI=1S/C48H36N2S/c1-5-22-43-37(16-1)38-17-2-6-23-44(38)50(43)35-26-27-46-42(30-35)39-18-3-7-24-45(39)49(46)34-15-10-13-32(29-34)31-12-9-14-33(28-31)36-20-11-21-41-40-19-4-8-25-47(40)51-48(36)41/h1,3-16,18-29,35,37,43H,2,17,30H2. The number of benzene rings is 5. The van der Waals surface area contributed by atoms with Crippen LogP contribution in [-0.4, -0.2) is 21.6 Å². The molecule has 2 aromatic heterocycles. The van der Waals surface area contributed by atoms with Crippen LogP contribution in [0.1, 0.15) is 24.1 Å². The monoisotopic (exact) mass is 672 g/mol. The van der Waals surface area contributed by atoms with Crippen LogP contribution in [0, 0.1) is 5.92 Å². The van der Waals surface area contributed by atoms with Gasteiger partial charge in [-0.05, 0) is 95.1 Å². The highest BCUT2D eigenvalue weighted by Gasteiger charge is 2.41. The second-order valence-corrected chi connectivity index (χ2v) is 15.4. The normalized spacial score (nSPS) is 20.5. The molecule has 0 saturated carbocycles. The molecule has 5 aromatic carbocycles. The van der Waals surface area contributed by atoms with E-state index < -0.39 is 0 Å². The molecule has 0 bridgehead atoms. The van der Waals surface area contributed by atoms with Gasteiger partial charge in [0.1, 0.15) is 0 Å². The fourth-order valence-electron chi connectivity index (χ4n) is 9.33. The summed E-state index contributed by atoms with van der Waals surface area (Å²) < 4.78 is 5.18. The Morgan fingerprint density at radius 3 is 2.39 bits per heavy atom. The first-order valence-corrected chi connectivity index (χ1v) is 19.1. The van der Waals surface area contributed by atoms with Crippen molar-refractivity contribution in [2.75, 3.05) is 0 Å². The van der Waals surface area contributed by atoms with E-state index in [1.807, 2.05) is 11.3 Å². The number of aromatic nitrogens is 1. The van der Waals surface area contributed by atoms with Crippen LogP contribution in [0.4, 0.5) is 0 Å². The van der Waals surface area contributed by atoms with Crippen molar-refractivity contribution in [1.29, 1.82) is 0 Å². The molecule has 4 aliphatic rings. The first-order chi connectivity index (χ1) is 25.3. The molecular weight excluding hydrogens is 637 g/mol. The molecule has 0 N–H and O–H groups in total. The van der Waals surface area contributed by atoms with Gasteiger partial charge in [0.25, 0.3) is 0 Å². The van der Waals surface area contributed by atoms with Gasteiger partial charge in [-0.25, -0.2) is 0 Å². The van der Waals surface area contributed by atoms with Gasteiger partial charge in [-0.1, -0.05) is 121 Å². The van der Waals surface area contributed by atoms with Gasteiger partial charge in [-0.15, -0.1) is 11.3 Å². The number of para-hydroxylation sites is 1. The van der Waals surface area contributed by atoms with Crippen LogP contribution >= 0.6 is 11.3 Å². The third-order valence-corrected chi connectivity index (χ3v) is 12.8. The summed E-state index contributed by atoms with van der Waals surface area (Å²) >= 11 is 1.89. The first-order valence-electron chi connectivity index (χ1n) is 18.3. The Balaban J connectivity index is 0.985. The molecule has 0 fully saturated rings. The van der Waals surface area contributed by atoms with E-state index in [0.717, 1.165) is 12.8 Å². The van der Waals surface area contributed by atoms with Gasteiger partial charge in [0.05, 0.1) is 17.6 Å². The lowest BCUT2D eigenvalue weighted by Gasteiger charge is -2.37. The first kappa shape index (κ1) is 29.1. The zero-order chi connectivity index (χ0) is 33.5. The molecule has 0 spiro atoms. The van der Waals surface area contributed by atoms with E-state index in [1.54, 1.807) is 5.57 Å². The van der Waals surface area contributed by atoms with Crippen molar-refractivity contribution in [2.45, 2.75) is 31.3 Å². The zero-order valence-electron chi connectivity index (χ0n) is 28.2. The van der Waals surface area contributed by atoms with Crippen molar-refractivity contribution in [3.05, 3.63) is 180 Å². The third-order valence-electron chi connectivity index (χ3n) is 11.6. The molecule has 7 aromatic rings. The number of allylic oxidation sites excluding steroid dienone is 4. The second-order valence-electron chi connectivity index (χ2n) is 14.3. The van der Waals surface area contributed by atoms with Gasteiger partial charge in [-0.2, -0.15) is 0 Å². The Bertz CT molecular complexity index is 2710. The maximum atomic E-state index is 2.72. The van der Waals surface area contributed by atoms with E-state index in [4.69, 9.17) is 0 Å². The number of nitrogens with zero attached hydrogens (tertiary/aromatic N) is 2. The summed E-state index contributed by atoms with van der Waals surface area (Å²) in [7, 11) is 0. The summed E-state index contributed by atoms with van der Waals surface area (Å²) in [5.74, 6) is 0.491. The predicted octanol–water partition coefficient (Wildman–Crippen LogP) is 12.3. The van der Waals surface area contributed by atoms with Crippen molar-refractivity contribution >= 4 is 48.5 Å². The highest BCUT2D eigenvalue weighted by molar-refractivity contribution is 7.26. The minimum atomic E-state index is 0.315. The summed E-state index contributed by atoms with van der Waals surface area (Å²) in [5.41, 5.74) is 13.3. The molecule has 3 aliphatic carbocycles. The van der Waals surface area contributed by atoms with Crippen LogP contribution in [0.5, 0.6) is 0 Å². The van der Waals surface area contributed by atoms with Crippen LogP contribution in [0.2, 0.25) is 0 Å². The van der Waals surface area contributed by atoms with Gasteiger partial charge in [0, 0.05) is 48.6 Å². The predicted molar refractivity (Wildman–Crippen MR) is 216 cm³/mol. The topological polar surface area (TPSA) is 8.17 Å². The zero-order valence-corrected chi connectivity index (χ0v) is 29.1. The van der Waals surface area contributed by atoms with Gasteiger partial charge < -0.3 is 9.47 Å². The average Bonchev–Trinajstić information content (AvgIpc) is 3.86. The van der Waals surface area contributed by atoms with Gasteiger partial charge >= 0.3 is 0 Å². The van der Waals surface area contributed by atoms with Crippen LogP contribution in [0.25, 0.3) is 65.1 Å². The number of hydrogen-bond donors (Lipinski definition) is 0. The summed E-state index contributed by atoms with van der Waals surface area (Å²) in [6, 6.07) is 43.4. The van der Waals surface area contributed by atoms with Crippen molar-refractivity contribution in [3.63, 3.8) is 0 Å². The molecule has 0 amide bonds. The largest absolute Gasteiger partial charge is 0.357 e. The fourth-order valence-corrected chi connectivity index (χ4v) is 10.6. The second kappa shape index (κ2) is 11.4. The molecule has 244 valence electrons. The molecule has 3 heterocycles.